The van der Waals surface area contributed by atoms with Crippen molar-refractivity contribution in [2.45, 2.75) is 26.2 Å². The molecule has 2 rings (SSSR count). The molecule has 112 valence electrons. The van der Waals surface area contributed by atoms with Crippen molar-refractivity contribution in [3.05, 3.63) is 11.4 Å². The third-order valence-corrected chi connectivity index (χ3v) is 3.83. The normalized spacial score (nSPS) is 19.1. The number of nitrogens with two attached hydrogens (primary N) is 1. The van der Waals surface area contributed by atoms with Gasteiger partial charge in [0.05, 0.1) is 18.0 Å². The summed E-state index contributed by atoms with van der Waals surface area (Å²) >= 11 is 0. The van der Waals surface area contributed by atoms with Gasteiger partial charge in [-0.25, -0.2) is 0 Å². The number of ether oxygens (including phenoxy) is 1. The van der Waals surface area contributed by atoms with Crippen molar-refractivity contribution in [1.82, 2.24) is 14.7 Å². The molecule has 1 amide bonds. The van der Waals surface area contributed by atoms with Crippen LogP contribution in [0.3, 0.4) is 0 Å². The maximum atomic E-state index is 12.5. The first-order valence-electron chi connectivity index (χ1n) is 7.19. The molecule has 2 N–H and O–H groups in total. The van der Waals surface area contributed by atoms with Crippen molar-refractivity contribution >= 4 is 11.6 Å². The molecule has 1 atom stereocenters. The van der Waals surface area contributed by atoms with Crippen LogP contribution in [-0.2, 0) is 18.2 Å². The lowest BCUT2D eigenvalue weighted by molar-refractivity contribution is 0.0385. The Morgan fingerprint density at radius 1 is 1.60 bits per heavy atom. The second-order valence-corrected chi connectivity index (χ2v) is 5.45. The number of amides is 1. The summed E-state index contributed by atoms with van der Waals surface area (Å²) < 4.78 is 7.04. The lowest BCUT2D eigenvalue weighted by atomic mass is 10.0. The Balaban J connectivity index is 2.08. The lowest BCUT2D eigenvalue weighted by Crippen LogP contribution is -2.36. The van der Waals surface area contributed by atoms with E-state index in [-0.39, 0.29) is 5.91 Å². The van der Waals surface area contributed by atoms with E-state index in [4.69, 9.17) is 10.5 Å². The lowest BCUT2D eigenvalue weighted by Gasteiger charge is -2.27. The summed E-state index contributed by atoms with van der Waals surface area (Å²) in [6.45, 7) is 4.25. The maximum Gasteiger partial charge on any atom is 0.274 e. The molecule has 1 fully saturated rings. The van der Waals surface area contributed by atoms with E-state index in [1.807, 2.05) is 14.0 Å². The summed E-state index contributed by atoms with van der Waals surface area (Å²) in [7, 11) is 3.58. The van der Waals surface area contributed by atoms with Gasteiger partial charge in [-0.15, -0.1) is 0 Å². The first kappa shape index (κ1) is 14.8. The standard InChI is InChI=1S/C14H24N4O2/c1-4-11-12(15)13(18(3)16-11)14(19)17(2)8-10-6-5-7-20-9-10/h10H,4-9,15H2,1-3H3. The van der Waals surface area contributed by atoms with Gasteiger partial charge >= 0.3 is 0 Å². The van der Waals surface area contributed by atoms with Crippen LogP contribution in [0.4, 0.5) is 5.69 Å². The number of aryl methyl sites for hydroxylation is 2. The van der Waals surface area contributed by atoms with Crippen LogP contribution in [0, 0.1) is 5.92 Å². The minimum absolute atomic E-state index is 0.0669. The molecule has 6 nitrogen and oxygen atoms in total. The molecule has 0 spiro atoms. The molecule has 1 aromatic rings. The van der Waals surface area contributed by atoms with E-state index in [9.17, 15) is 4.79 Å². The molecule has 2 heterocycles. The van der Waals surface area contributed by atoms with E-state index in [1.54, 1.807) is 16.6 Å². The van der Waals surface area contributed by atoms with E-state index in [0.717, 1.165) is 38.2 Å². The Labute approximate surface area is 119 Å². The molecule has 0 bridgehead atoms. The third kappa shape index (κ3) is 2.95. The van der Waals surface area contributed by atoms with Gasteiger partial charge in [-0.2, -0.15) is 5.10 Å². The van der Waals surface area contributed by atoms with E-state index in [0.29, 0.717) is 23.8 Å². The largest absolute Gasteiger partial charge is 0.395 e. The quantitative estimate of drug-likeness (QED) is 0.895. The highest BCUT2D eigenvalue weighted by Crippen LogP contribution is 2.20. The van der Waals surface area contributed by atoms with Crippen molar-refractivity contribution in [3.8, 4) is 0 Å². The second-order valence-electron chi connectivity index (χ2n) is 5.45. The Morgan fingerprint density at radius 3 is 2.90 bits per heavy atom. The van der Waals surface area contributed by atoms with E-state index in [1.165, 1.54) is 0 Å². The SMILES string of the molecule is CCc1nn(C)c(C(=O)N(C)CC2CCCOC2)c1N. The van der Waals surface area contributed by atoms with E-state index >= 15 is 0 Å². The first-order chi connectivity index (χ1) is 9.54. The number of hydrogen-bond donors (Lipinski definition) is 1. The van der Waals surface area contributed by atoms with Gasteiger partial charge in [0.25, 0.3) is 5.91 Å². The zero-order valence-corrected chi connectivity index (χ0v) is 12.6. The van der Waals surface area contributed by atoms with Crippen LogP contribution in [0.15, 0.2) is 0 Å². The molecule has 1 aliphatic heterocycles. The summed E-state index contributed by atoms with van der Waals surface area (Å²) in [4.78, 5) is 14.3. The number of carbonyl (C=O) groups excluding carboxylic acids is 1. The fraction of sp³-hybridized carbons (Fsp3) is 0.714. The monoisotopic (exact) mass is 280 g/mol. The van der Waals surface area contributed by atoms with Gasteiger partial charge in [-0.3, -0.25) is 9.48 Å². The molecule has 0 radical (unpaired) electrons. The molecule has 1 aliphatic rings. The van der Waals surface area contributed by atoms with Crippen molar-refractivity contribution in [1.29, 1.82) is 0 Å². The van der Waals surface area contributed by atoms with E-state index < -0.39 is 0 Å². The summed E-state index contributed by atoms with van der Waals surface area (Å²) in [5.74, 6) is 0.348. The Hall–Kier alpha value is -1.56. The molecule has 1 aromatic heterocycles. The van der Waals surface area contributed by atoms with Crippen LogP contribution in [-0.4, -0.2) is 47.4 Å². The van der Waals surface area contributed by atoms with Crippen LogP contribution in [0.2, 0.25) is 0 Å². The van der Waals surface area contributed by atoms with Crippen LogP contribution in [0.5, 0.6) is 0 Å². The average molecular weight is 280 g/mol. The number of aromatic nitrogens is 2. The first-order valence-corrected chi connectivity index (χ1v) is 7.19. The summed E-state index contributed by atoms with van der Waals surface area (Å²) in [6, 6.07) is 0. The molecule has 0 saturated carbocycles. The number of rotatable bonds is 4. The highest BCUT2D eigenvalue weighted by molar-refractivity contribution is 5.97. The van der Waals surface area contributed by atoms with Crippen LogP contribution >= 0.6 is 0 Å². The highest BCUT2D eigenvalue weighted by atomic mass is 16.5. The van der Waals surface area contributed by atoms with Crippen LogP contribution in [0.25, 0.3) is 0 Å². The van der Waals surface area contributed by atoms with Gasteiger partial charge in [0.15, 0.2) is 0 Å². The zero-order valence-electron chi connectivity index (χ0n) is 12.6. The average Bonchev–Trinajstić information content (AvgIpc) is 2.73. The zero-order chi connectivity index (χ0) is 14.7. The summed E-state index contributed by atoms with van der Waals surface area (Å²) in [5.41, 5.74) is 7.81. The van der Waals surface area contributed by atoms with Gasteiger partial charge in [-0.1, -0.05) is 6.92 Å². The van der Waals surface area contributed by atoms with Crippen molar-refractivity contribution in [3.63, 3.8) is 0 Å². The number of hydrogen-bond acceptors (Lipinski definition) is 4. The third-order valence-electron chi connectivity index (χ3n) is 3.83. The predicted molar refractivity (Wildman–Crippen MR) is 77.5 cm³/mol. The van der Waals surface area contributed by atoms with Gasteiger partial charge < -0.3 is 15.4 Å². The van der Waals surface area contributed by atoms with Crippen molar-refractivity contribution in [2.75, 3.05) is 32.5 Å². The molecule has 0 aromatic carbocycles. The number of nitrogen functional groups attached to an aromatic ring is 1. The number of carbonyl (C=O) groups is 1. The molecule has 6 heteroatoms. The summed E-state index contributed by atoms with van der Waals surface area (Å²) in [5, 5.41) is 4.30. The fourth-order valence-corrected chi connectivity index (χ4v) is 2.71. The van der Waals surface area contributed by atoms with Crippen molar-refractivity contribution in [2.24, 2.45) is 13.0 Å². The van der Waals surface area contributed by atoms with Gasteiger partial charge in [0.1, 0.15) is 5.69 Å². The van der Waals surface area contributed by atoms with Gasteiger partial charge in [-0.05, 0) is 25.2 Å². The topological polar surface area (TPSA) is 73.4 Å². The number of anilines is 1. The van der Waals surface area contributed by atoms with Gasteiger partial charge in [0.2, 0.25) is 0 Å². The number of nitrogens with zero attached hydrogens (tertiary/aromatic N) is 3. The second kappa shape index (κ2) is 6.26. The van der Waals surface area contributed by atoms with Crippen LogP contribution < -0.4 is 5.73 Å². The Morgan fingerprint density at radius 2 is 2.35 bits per heavy atom. The predicted octanol–water partition coefficient (Wildman–Crippen LogP) is 1.06. The van der Waals surface area contributed by atoms with E-state index in [2.05, 4.69) is 5.10 Å². The summed E-state index contributed by atoms with van der Waals surface area (Å²) in [6.07, 6.45) is 2.91. The minimum Gasteiger partial charge on any atom is -0.395 e. The van der Waals surface area contributed by atoms with Crippen molar-refractivity contribution < 1.29 is 9.53 Å². The molecule has 20 heavy (non-hydrogen) atoms. The Kier molecular flexibility index (Phi) is 4.65. The highest BCUT2D eigenvalue weighted by Gasteiger charge is 2.24. The molecule has 1 unspecified atom stereocenters. The van der Waals surface area contributed by atoms with Gasteiger partial charge in [0, 0.05) is 27.2 Å². The molecule has 0 aliphatic carbocycles. The molecular formula is C14H24N4O2. The maximum absolute atomic E-state index is 12.5. The molecular weight excluding hydrogens is 256 g/mol. The molecule has 1 saturated heterocycles. The van der Waals surface area contributed by atoms with Crippen LogP contribution in [0.1, 0.15) is 35.9 Å². The smallest absolute Gasteiger partial charge is 0.274 e. The fourth-order valence-electron chi connectivity index (χ4n) is 2.71. The Bertz CT molecular complexity index is 478. The minimum atomic E-state index is -0.0669.